The standard InChI is InChI=1S/C15H21BrN2O/c1-11-8-17-6-2-3-14(17)9-18(11)15-5-4-13(16)7-12(15)10-19/h4-5,7,11,14,19H,2-3,6,8-10H2,1H3. The molecule has 0 saturated carbocycles. The molecule has 3 nitrogen and oxygen atoms in total. The summed E-state index contributed by atoms with van der Waals surface area (Å²) in [6.45, 7) is 5.89. The number of piperazine rings is 1. The average Bonchev–Trinajstić information content (AvgIpc) is 2.85. The van der Waals surface area contributed by atoms with Gasteiger partial charge in [0.1, 0.15) is 0 Å². The van der Waals surface area contributed by atoms with Gasteiger partial charge in [0.05, 0.1) is 6.61 Å². The van der Waals surface area contributed by atoms with Crippen LogP contribution in [-0.4, -0.2) is 41.7 Å². The Balaban J connectivity index is 1.88. The topological polar surface area (TPSA) is 26.7 Å². The molecule has 2 aliphatic rings. The predicted octanol–water partition coefficient (Wildman–Crippen LogP) is 2.61. The van der Waals surface area contributed by atoms with E-state index >= 15 is 0 Å². The zero-order chi connectivity index (χ0) is 13.4. The SMILES string of the molecule is CC1CN2CCCC2CN1c1ccc(Br)cc1CO. The molecule has 104 valence electrons. The smallest absolute Gasteiger partial charge is 0.0702 e. The fourth-order valence-electron chi connectivity index (χ4n) is 3.48. The Labute approximate surface area is 123 Å². The molecule has 1 N–H and O–H groups in total. The first-order valence-corrected chi connectivity index (χ1v) is 7.88. The zero-order valence-electron chi connectivity index (χ0n) is 11.3. The highest BCUT2D eigenvalue weighted by molar-refractivity contribution is 9.10. The van der Waals surface area contributed by atoms with Crippen molar-refractivity contribution in [1.82, 2.24) is 4.90 Å². The van der Waals surface area contributed by atoms with Gasteiger partial charge in [0.15, 0.2) is 0 Å². The summed E-state index contributed by atoms with van der Waals surface area (Å²) in [6, 6.07) is 7.45. The number of fused-ring (bicyclic) bond motifs is 1. The quantitative estimate of drug-likeness (QED) is 0.905. The van der Waals surface area contributed by atoms with Crippen LogP contribution in [0, 0.1) is 0 Å². The Hall–Kier alpha value is -0.580. The summed E-state index contributed by atoms with van der Waals surface area (Å²) in [7, 11) is 0. The van der Waals surface area contributed by atoms with Gasteiger partial charge in [-0.15, -0.1) is 0 Å². The predicted molar refractivity (Wildman–Crippen MR) is 81.5 cm³/mol. The summed E-state index contributed by atoms with van der Waals surface area (Å²) in [5, 5.41) is 9.59. The van der Waals surface area contributed by atoms with E-state index in [1.165, 1.54) is 25.1 Å². The molecule has 2 fully saturated rings. The van der Waals surface area contributed by atoms with Crippen LogP contribution in [0.15, 0.2) is 22.7 Å². The Kier molecular flexibility index (Phi) is 3.83. The van der Waals surface area contributed by atoms with Crippen LogP contribution in [0.5, 0.6) is 0 Å². The first-order chi connectivity index (χ1) is 9.19. The third kappa shape index (κ3) is 2.54. The Morgan fingerprint density at radius 1 is 1.37 bits per heavy atom. The molecule has 3 rings (SSSR count). The van der Waals surface area contributed by atoms with Crippen molar-refractivity contribution in [2.24, 2.45) is 0 Å². The van der Waals surface area contributed by atoms with Gasteiger partial charge in [-0.3, -0.25) is 4.90 Å². The van der Waals surface area contributed by atoms with E-state index < -0.39 is 0 Å². The zero-order valence-corrected chi connectivity index (χ0v) is 12.9. The van der Waals surface area contributed by atoms with Gasteiger partial charge < -0.3 is 10.0 Å². The molecule has 0 aliphatic carbocycles. The van der Waals surface area contributed by atoms with Gasteiger partial charge in [-0.2, -0.15) is 0 Å². The van der Waals surface area contributed by atoms with Gasteiger partial charge in [0.25, 0.3) is 0 Å². The van der Waals surface area contributed by atoms with Crippen LogP contribution in [-0.2, 0) is 6.61 Å². The van der Waals surface area contributed by atoms with Crippen molar-refractivity contribution in [3.63, 3.8) is 0 Å². The Bertz CT molecular complexity index is 465. The average molecular weight is 325 g/mol. The van der Waals surface area contributed by atoms with Gasteiger partial charge in [0, 0.05) is 40.9 Å². The minimum Gasteiger partial charge on any atom is -0.392 e. The van der Waals surface area contributed by atoms with Crippen LogP contribution in [0.4, 0.5) is 5.69 Å². The van der Waals surface area contributed by atoms with Crippen LogP contribution in [0.2, 0.25) is 0 Å². The van der Waals surface area contributed by atoms with E-state index in [2.05, 4.69) is 44.8 Å². The van der Waals surface area contributed by atoms with Crippen LogP contribution >= 0.6 is 15.9 Å². The normalized spacial score (nSPS) is 27.6. The lowest BCUT2D eigenvalue weighted by Crippen LogP contribution is -2.55. The number of hydrogen-bond donors (Lipinski definition) is 1. The van der Waals surface area contributed by atoms with Gasteiger partial charge in [-0.1, -0.05) is 15.9 Å². The fraction of sp³-hybridized carbons (Fsp3) is 0.600. The Morgan fingerprint density at radius 3 is 3.00 bits per heavy atom. The second kappa shape index (κ2) is 5.43. The molecule has 1 aromatic rings. The van der Waals surface area contributed by atoms with Crippen molar-refractivity contribution in [3.8, 4) is 0 Å². The first kappa shape index (κ1) is 13.4. The summed E-state index contributed by atoms with van der Waals surface area (Å²) < 4.78 is 1.03. The first-order valence-electron chi connectivity index (χ1n) is 7.09. The third-order valence-electron chi connectivity index (χ3n) is 4.46. The minimum absolute atomic E-state index is 0.104. The lowest BCUT2D eigenvalue weighted by Gasteiger charge is -2.44. The maximum absolute atomic E-state index is 9.59. The van der Waals surface area contributed by atoms with Crippen molar-refractivity contribution >= 4 is 21.6 Å². The summed E-state index contributed by atoms with van der Waals surface area (Å²) >= 11 is 3.48. The molecule has 1 aromatic carbocycles. The summed E-state index contributed by atoms with van der Waals surface area (Å²) in [5.41, 5.74) is 2.22. The molecule has 0 aromatic heterocycles. The Morgan fingerprint density at radius 2 is 2.21 bits per heavy atom. The number of anilines is 1. The van der Waals surface area contributed by atoms with Crippen molar-refractivity contribution in [2.75, 3.05) is 24.5 Å². The largest absolute Gasteiger partial charge is 0.392 e. The molecular weight excluding hydrogens is 304 g/mol. The summed E-state index contributed by atoms with van der Waals surface area (Å²) in [6.07, 6.45) is 2.65. The van der Waals surface area contributed by atoms with Crippen LogP contribution in [0.3, 0.4) is 0 Å². The number of halogens is 1. The van der Waals surface area contributed by atoms with Gasteiger partial charge in [-0.25, -0.2) is 0 Å². The molecular formula is C15H21BrN2O. The van der Waals surface area contributed by atoms with Gasteiger partial charge in [0.2, 0.25) is 0 Å². The van der Waals surface area contributed by atoms with Crippen molar-refractivity contribution < 1.29 is 5.11 Å². The molecule has 0 amide bonds. The van der Waals surface area contributed by atoms with Crippen LogP contribution in [0.25, 0.3) is 0 Å². The third-order valence-corrected chi connectivity index (χ3v) is 4.95. The highest BCUT2D eigenvalue weighted by Crippen LogP contribution is 2.32. The highest BCUT2D eigenvalue weighted by atomic mass is 79.9. The van der Waals surface area contributed by atoms with Crippen LogP contribution < -0.4 is 4.90 Å². The molecule has 2 saturated heterocycles. The molecule has 4 heteroatoms. The van der Waals surface area contributed by atoms with E-state index in [0.717, 1.165) is 23.1 Å². The second-order valence-electron chi connectivity index (χ2n) is 5.72. The summed E-state index contributed by atoms with van der Waals surface area (Å²) in [5.74, 6) is 0. The lowest BCUT2D eigenvalue weighted by molar-refractivity contribution is 0.202. The number of hydrogen-bond acceptors (Lipinski definition) is 3. The monoisotopic (exact) mass is 324 g/mol. The molecule has 0 bridgehead atoms. The second-order valence-corrected chi connectivity index (χ2v) is 6.64. The van der Waals surface area contributed by atoms with Crippen molar-refractivity contribution in [2.45, 2.75) is 38.5 Å². The van der Waals surface area contributed by atoms with E-state index in [9.17, 15) is 5.11 Å². The van der Waals surface area contributed by atoms with E-state index in [0.29, 0.717) is 12.1 Å². The number of aliphatic hydroxyl groups is 1. The van der Waals surface area contributed by atoms with E-state index in [1.807, 2.05) is 6.07 Å². The molecule has 2 atom stereocenters. The molecule has 2 heterocycles. The highest BCUT2D eigenvalue weighted by Gasteiger charge is 2.34. The van der Waals surface area contributed by atoms with E-state index in [4.69, 9.17) is 0 Å². The van der Waals surface area contributed by atoms with Crippen molar-refractivity contribution in [3.05, 3.63) is 28.2 Å². The number of rotatable bonds is 2. The molecule has 0 spiro atoms. The molecule has 2 aliphatic heterocycles. The minimum atomic E-state index is 0.104. The van der Waals surface area contributed by atoms with Crippen molar-refractivity contribution in [1.29, 1.82) is 0 Å². The van der Waals surface area contributed by atoms with E-state index in [1.54, 1.807) is 0 Å². The molecule has 0 radical (unpaired) electrons. The number of nitrogens with zero attached hydrogens (tertiary/aromatic N) is 2. The number of benzene rings is 1. The molecule has 19 heavy (non-hydrogen) atoms. The maximum atomic E-state index is 9.59. The maximum Gasteiger partial charge on any atom is 0.0702 e. The van der Waals surface area contributed by atoms with Gasteiger partial charge in [-0.05, 0) is 44.5 Å². The lowest BCUT2D eigenvalue weighted by atomic mass is 10.0. The molecule has 2 unspecified atom stereocenters. The van der Waals surface area contributed by atoms with Gasteiger partial charge >= 0.3 is 0 Å². The number of aliphatic hydroxyl groups excluding tert-OH is 1. The van der Waals surface area contributed by atoms with Crippen LogP contribution in [0.1, 0.15) is 25.3 Å². The fourth-order valence-corrected chi connectivity index (χ4v) is 3.89. The van der Waals surface area contributed by atoms with E-state index in [-0.39, 0.29) is 6.61 Å². The summed E-state index contributed by atoms with van der Waals surface area (Å²) in [4.78, 5) is 5.10.